The smallest absolute Gasteiger partial charge is 0.285 e. The van der Waals surface area contributed by atoms with Crippen molar-refractivity contribution in [3.63, 3.8) is 0 Å². The molecular formula is C38H36BrN3O5S. The Hall–Kier alpha value is -4.93. The van der Waals surface area contributed by atoms with Gasteiger partial charge in [0, 0.05) is 10.2 Å². The Morgan fingerprint density at radius 3 is 2.25 bits per heavy atom. The SMILES string of the molecule is C=C/C=C\C(=C/C)N1C(=O)/C(=C/c2cc(OCC)c(OCC=C)cc2Br)C(=O)N=C1SCC(=O)NC(c1ccccc1)c1ccccc1. The van der Waals surface area contributed by atoms with Gasteiger partial charge in [0.1, 0.15) is 12.2 Å². The predicted octanol–water partition coefficient (Wildman–Crippen LogP) is 7.81. The molecule has 1 aliphatic heterocycles. The van der Waals surface area contributed by atoms with Crippen LogP contribution < -0.4 is 14.8 Å². The van der Waals surface area contributed by atoms with Crippen LogP contribution in [0.15, 0.2) is 137 Å². The second-order valence-corrected chi connectivity index (χ2v) is 12.0. The molecule has 4 rings (SSSR count). The number of aliphatic imine (C=N–C) groups is 1. The predicted molar refractivity (Wildman–Crippen MR) is 197 cm³/mol. The van der Waals surface area contributed by atoms with Crippen LogP contribution in [0.1, 0.15) is 36.6 Å². The standard InChI is InChI=1S/C38H36BrN3O5S/c1-5-9-20-29(7-3)42-37(45)30(22-28-23-32(46-8-4)33(24-31(28)39)47-21-6-2)36(44)41-38(42)48-25-34(43)40-35(26-16-12-10-13-17-26)27-18-14-11-15-19-27/h5-7,9-20,22-24,35H,1-2,8,21,25H2,3-4H3,(H,40,43)/b20-9-,29-7+,30-22+. The first-order valence-corrected chi connectivity index (χ1v) is 17.0. The molecule has 3 aromatic carbocycles. The lowest BCUT2D eigenvalue weighted by molar-refractivity contribution is -0.126. The molecule has 0 aromatic heterocycles. The summed E-state index contributed by atoms with van der Waals surface area (Å²) in [7, 11) is 0. The topological polar surface area (TPSA) is 97.3 Å². The Labute approximate surface area is 293 Å². The summed E-state index contributed by atoms with van der Waals surface area (Å²) in [6.45, 7) is 11.7. The average Bonchev–Trinajstić information content (AvgIpc) is 3.10. The van der Waals surface area contributed by atoms with Crippen LogP contribution in [0.2, 0.25) is 0 Å². The summed E-state index contributed by atoms with van der Waals surface area (Å²) < 4.78 is 12.1. The molecule has 0 saturated heterocycles. The van der Waals surface area contributed by atoms with E-state index in [4.69, 9.17) is 9.47 Å². The molecular weight excluding hydrogens is 690 g/mol. The van der Waals surface area contributed by atoms with Gasteiger partial charge in [-0.15, -0.1) is 0 Å². The number of amidine groups is 1. The van der Waals surface area contributed by atoms with E-state index in [0.717, 1.165) is 22.9 Å². The molecule has 0 atom stereocenters. The first-order chi connectivity index (χ1) is 23.3. The first kappa shape index (κ1) is 35.9. The summed E-state index contributed by atoms with van der Waals surface area (Å²) in [6, 6.07) is 22.3. The van der Waals surface area contributed by atoms with E-state index in [-0.39, 0.29) is 29.0 Å². The second kappa shape index (κ2) is 17.8. The molecule has 48 heavy (non-hydrogen) atoms. The lowest BCUT2D eigenvalue weighted by Gasteiger charge is -2.28. The highest BCUT2D eigenvalue weighted by Crippen LogP contribution is 2.36. The maximum absolute atomic E-state index is 14.1. The summed E-state index contributed by atoms with van der Waals surface area (Å²) >= 11 is 4.53. The Morgan fingerprint density at radius 2 is 1.67 bits per heavy atom. The molecule has 0 radical (unpaired) electrons. The minimum absolute atomic E-state index is 0.0809. The molecule has 0 saturated carbocycles. The normalized spacial score (nSPS) is 14.3. The Morgan fingerprint density at radius 1 is 1.02 bits per heavy atom. The molecule has 3 aromatic rings. The van der Waals surface area contributed by atoms with Crippen LogP contribution >= 0.6 is 27.7 Å². The van der Waals surface area contributed by atoms with Crippen LogP contribution in [-0.2, 0) is 14.4 Å². The molecule has 10 heteroatoms. The van der Waals surface area contributed by atoms with Gasteiger partial charge in [-0.1, -0.05) is 126 Å². The zero-order valence-electron chi connectivity index (χ0n) is 26.7. The fourth-order valence-corrected chi connectivity index (χ4v) is 5.99. The summed E-state index contributed by atoms with van der Waals surface area (Å²) in [6.07, 6.45) is 9.74. The van der Waals surface area contributed by atoms with Crippen molar-refractivity contribution in [2.24, 2.45) is 4.99 Å². The van der Waals surface area contributed by atoms with Gasteiger partial charge in [0.15, 0.2) is 16.7 Å². The molecule has 8 nitrogen and oxygen atoms in total. The van der Waals surface area contributed by atoms with Gasteiger partial charge in [-0.25, -0.2) is 0 Å². The minimum Gasteiger partial charge on any atom is -0.490 e. The summed E-state index contributed by atoms with van der Waals surface area (Å²) in [5, 5.41) is 3.18. The number of carbonyl (C=O) groups excluding carboxylic acids is 3. The molecule has 246 valence electrons. The van der Waals surface area contributed by atoms with Crippen molar-refractivity contribution >= 4 is 56.7 Å². The third-order valence-corrected chi connectivity index (χ3v) is 8.56. The van der Waals surface area contributed by atoms with E-state index in [1.54, 1.807) is 49.4 Å². The number of halogens is 1. The van der Waals surface area contributed by atoms with Crippen LogP contribution in [0.3, 0.4) is 0 Å². The lowest BCUT2D eigenvalue weighted by Crippen LogP contribution is -2.42. The molecule has 3 amide bonds. The number of nitrogens with zero attached hydrogens (tertiary/aromatic N) is 2. The summed E-state index contributed by atoms with van der Waals surface area (Å²) in [4.78, 5) is 46.6. The maximum atomic E-state index is 14.1. The van der Waals surface area contributed by atoms with Crippen LogP contribution in [0.5, 0.6) is 11.5 Å². The van der Waals surface area contributed by atoms with E-state index in [1.807, 2.05) is 67.6 Å². The highest BCUT2D eigenvalue weighted by Gasteiger charge is 2.35. The summed E-state index contributed by atoms with van der Waals surface area (Å²) in [5.74, 6) is -0.788. The summed E-state index contributed by atoms with van der Waals surface area (Å²) in [5.41, 5.74) is 2.65. The van der Waals surface area contributed by atoms with Gasteiger partial charge in [-0.05, 0) is 54.8 Å². The number of nitrogens with one attached hydrogen (secondary N) is 1. The number of benzene rings is 3. The fourth-order valence-electron chi connectivity index (χ4n) is 4.74. The van der Waals surface area contributed by atoms with Gasteiger partial charge in [-0.2, -0.15) is 4.99 Å². The number of thioether (sulfide) groups is 1. The van der Waals surface area contributed by atoms with E-state index >= 15 is 0 Å². The van der Waals surface area contributed by atoms with Gasteiger partial charge >= 0.3 is 0 Å². The molecule has 0 bridgehead atoms. The van der Waals surface area contributed by atoms with Gasteiger partial charge in [0.2, 0.25) is 5.91 Å². The maximum Gasteiger partial charge on any atom is 0.285 e. The highest BCUT2D eigenvalue weighted by molar-refractivity contribution is 9.10. The van der Waals surface area contributed by atoms with Gasteiger partial charge in [-0.3, -0.25) is 19.3 Å². The molecule has 0 fully saturated rings. The van der Waals surface area contributed by atoms with E-state index in [1.165, 1.54) is 11.0 Å². The molecule has 0 spiro atoms. The fraction of sp³-hybridized carbons (Fsp3) is 0.158. The molecule has 1 heterocycles. The third kappa shape index (κ3) is 9.11. The van der Waals surface area contributed by atoms with Crippen LogP contribution in [0.25, 0.3) is 6.08 Å². The van der Waals surface area contributed by atoms with E-state index in [0.29, 0.717) is 33.8 Å². The average molecular weight is 727 g/mol. The number of hydrogen-bond acceptors (Lipinski definition) is 6. The van der Waals surface area contributed by atoms with Crippen LogP contribution in [0, 0.1) is 0 Å². The Kier molecular flexibility index (Phi) is 13.3. The van der Waals surface area contributed by atoms with Crippen molar-refractivity contribution in [2.45, 2.75) is 19.9 Å². The first-order valence-electron chi connectivity index (χ1n) is 15.2. The van der Waals surface area contributed by atoms with Crippen molar-refractivity contribution in [1.82, 2.24) is 10.2 Å². The van der Waals surface area contributed by atoms with Crippen molar-refractivity contribution in [3.05, 3.63) is 149 Å². The quantitative estimate of drug-likeness (QED) is 0.0789. The number of allylic oxidation sites excluding steroid dienone is 4. The zero-order valence-corrected chi connectivity index (χ0v) is 29.1. The molecule has 0 aliphatic carbocycles. The Balaban J connectivity index is 1.66. The highest BCUT2D eigenvalue weighted by atomic mass is 79.9. The van der Waals surface area contributed by atoms with E-state index in [9.17, 15) is 14.4 Å². The number of hydrogen-bond donors (Lipinski definition) is 1. The number of ether oxygens (including phenoxy) is 2. The van der Waals surface area contributed by atoms with Crippen LogP contribution in [-0.4, -0.2) is 46.8 Å². The third-order valence-electron chi connectivity index (χ3n) is 6.93. The van der Waals surface area contributed by atoms with Crippen molar-refractivity contribution in [2.75, 3.05) is 19.0 Å². The second-order valence-electron chi connectivity index (χ2n) is 10.2. The molecule has 1 aliphatic rings. The Bertz CT molecular complexity index is 1740. The number of amides is 3. The van der Waals surface area contributed by atoms with Crippen molar-refractivity contribution in [1.29, 1.82) is 0 Å². The van der Waals surface area contributed by atoms with Gasteiger partial charge in [0.25, 0.3) is 11.8 Å². The van der Waals surface area contributed by atoms with Crippen molar-refractivity contribution in [3.8, 4) is 11.5 Å². The van der Waals surface area contributed by atoms with E-state index in [2.05, 4.69) is 39.4 Å². The molecule has 1 N–H and O–H groups in total. The largest absolute Gasteiger partial charge is 0.490 e. The zero-order chi connectivity index (χ0) is 34.5. The van der Waals surface area contributed by atoms with Gasteiger partial charge < -0.3 is 14.8 Å². The van der Waals surface area contributed by atoms with Gasteiger partial charge in [0.05, 0.1) is 18.4 Å². The van der Waals surface area contributed by atoms with E-state index < -0.39 is 17.9 Å². The monoisotopic (exact) mass is 725 g/mol. The van der Waals surface area contributed by atoms with Crippen molar-refractivity contribution < 1.29 is 23.9 Å². The number of carbonyl (C=O) groups is 3. The molecule has 0 unspecified atom stereocenters. The minimum atomic E-state index is -0.731. The lowest BCUT2D eigenvalue weighted by atomic mass is 9.99. The number of rotatable bonds is 14. The van der Waals surface area contributed by atoms with Crippen LogP contribution in [0.4, 0.5) is 0 Å².